The Labute approximate surface area is 214 Å². The SMILES string of the molecule is COc1ccc(NCCCNCCCN2CCc3cc(OC)c(OC)cc3CC2=O)cc1OC.Cl. The average molecular weight is 508 g/mol. The van der Waals surface area contributed by atoms with Crippen molar-refractivity contribution in [3.05, 3.63) is 41.5 Å². The summed E-state index contributed by atoms with van der Waals surface area (Å²) in [6.45, 7) is 4.15. The molecular weight excluding hydrogens is 470 g/mol. The van der Waals surface area contributed by atoms with E-state index in [4.69, 9.17) is 18.9 Å². The summed E-state index contributed by atoms with van der Waals surface area (Å²) in [4.78, 5) is 14.7. The Kier molecular flexibility index (Phi) is 11.8. The number of ether oxygens (including phenoxy) is 4. The van der Waals surface area contributed by atoms with Gasteiger partial charge in [-0.05, 0) is 67.7 Å². The molecule has 194 valence electrons. The number of halogens is 1. The first-order chi connectivity index (χ1) is 16.6. The van der Waals surface area contributed by atoms with Crippen molar-refractivity contribution in [2.24, 2.45) is 0 Å². The molecule has 2 aromatic carbocycles. The lowest BCUT2D eigenvalue weighted by Crippen LogP contribution is -2.34. The summed E-state index contributed by atoms with van der Waals surface area (Å²) in [6, 6.07) is 9.76. The molecule has 2 aromatic rings. The van der Waals surface area contributed by atoms with E-state index in [-0.39, 0.29) is 18.3 Å². The van der Waals surface area contributed by atoms with Crippen LogP contribution in [0.5, 0.6) is 23.0 Å². The van der Waals surface area contributed by atoms with Crippen LogP contribution in [0.4, 0.5) is 5.69 Å². The number of nitrogens with one attached hydrogen (secondary N) is 2. The predicted molar refractivity (Wildman–Crippen MR) is 141 cm³/mol. The van der Waals surface area contributed by atoms with Gasteiger partial charge in [0.1, 0.15) is 0 Å². The van der Waals surface area contributed by atoms with Gasteiger partial charge >= 0.3 is 0 Å². The van der Waals surface area contributed by atoms with E-state index in [0.717, 1.165) is 80.3 Å². The molecule has 1 aliphatic heterocycles. The first kappa shape index (κ1) is 28.4. The Balaban J connectivity index is 0.00000432. The second kappa shape index (κ2) is 14.5. The van der Waals surface area contributed by atoms with E-state index in [1.165, 1.54) is 0 Å². The molecule has 0 aliphatic carbocycles. The Morgan fingerprint density at radius 2 is 1.43 bits per heavy atom. The molecule has 0 saturated heterocycles. The lowest BCUT2D eigenvalue weighted by atomic mass is 10.0. The van der Waals surface area contributed by atoms with Crippen LogP contribution in [0.15, 0.2) is 30.3 Å². The summed E-state index contributed by atoms with van der Waals surface area (Å²) >= 11 is 0. The molecule has 0 aromatic heterocycles. The highest BCUT2D eigenvalue weighted by molar-refractivity contribution is 5.85. The topological polar surface area (TPSA) is 81.3 Å². The maximum absolute atomic E-state index is 12.8. The van der Waals surface area contributed by atoms with Gasteiger partial charge in [-0.25, -0.2) is 0 Å². The number of fused-ring (bicyclic) bond motifs is 1. The zero-order valence-corrected chi connectivity index (χ0v) is 22.0. The molecule has 8 nitrogen and oxygen atoms in total. The van der Waals surface area contributed by atoms with Crippen molar-refractivity contribution in [3.63, 3.8) is 0 Å². The second-order valence-electron chi connectivity index (χ2n) is 8.24. The molecule has 3 rings (SSSR count). The highest BCUT2D eigenvalue weighted by Crippen LogP contribution is 2.32. The molecule has 0 saturated carbocycles. The van der Waals surface area contributed by atoms with Crippen LogP contribution in [0.2, 0.25) is 0 Å². The van der Waals surface area contributed by atoms with Crippen molar-refractivity contribution in [2.45, 2.75) is 25.7 Å². The van der Waals surface area contributed by atoms with Crippen LogP contribution in [-0.4, -0.2) is 72.0 Å². The van der Waals surface area contributed by atoms with Gasteiger partial charge in [0.25, 0.3) is 0 Å². The number of benzene rings is 2. The third kappa shape index (κ3) is 7.83. The number of carbonyl (C=O) groups is 1. The normalized spacial score (nSPS) is 12.8. The minimum Gasteiger partial charge on any atom is -0.493 e. The highest BCUT2D eigenvalue weighted by Gasteiger charge is 2.22. The standard InChI is InChI=1S/C26H37N3O5.ClH/c1-31-22-8-7-21(18-25(22)34-4)28-12-5-10-27-11-6-13-29-14-9-19-15-23(32-2)24(33-3)16-20(19)17-26(29)30;/h7-8,15-16,18,27-28H,5-6,9-14,17H2,1-4H3;1H. The third-order valence-corrected chi connectivity index (χ3v) is 6.08. The van der Waals surface area contributed by atoms with Gasteiger partial charge in [-0.3, -0.25) is 4.79 Å². The smallest absolute Gasteiger partial charge is 0.227 e. The summed E-state index contributed by atoms with van der Waals surface area (Å²) < 4.78 is 21.4. The van der Waals surface area contributed by atoms with Gasteiger partial charge in [0.05, 0.1) is 34.9 Å². The Morgan fingerprint density at radius 3 is 2.11 bits per heavy atom. The highest BCUT2D eigenvalue weighted by atomic mass is 35.5. The number of hydrogen-bond donors (Lipinski definition) is 2. The predicted octanol–water partition coefficient (Wildman–Crippen LogP) is 3.55. The quantitative estimate of drug-likeness (QED) is 0.401. The summed E-state index contributed by atoms with van der Waals surface area (Å²) in [5.41, 5.74) is 3.20. The number of carbonyl (C=O) groups excluding carboxylic acids is 1. The van der Waals surface area contributed by atoms with E-state index in [2.05, 4.69) is 10.6 Å². The van der Waals surface area contributed by atoms with Gasteiger partial charge in [-0.1, -0.05) is 0 Å². The Morgan fingerprint density at radius 1 is 0.800 bits per heavy atom. The van der Waals surface area contributed by atoms with Crippen LogP contribution in [-0.2, 0) is 17.6 Å². The Bertz CT molecular complexity index is 957. The summed E-state index contributed by atoms with van der Waals surface area (Å²) in [6.07, 6.45) is 3.16. The first-order valence-corrected chi connectivity index (χ1v) is 11.8. The van der Waals surface area contributed by atoms with E-state index in [1.54, 1.807) is 28.4 Å². The first-order valence-electron chi connectivity index (χ1n) is 11.8. The van der Waals surface area contributed by atoms with E-state index in [1.807, 2.05) is 35.2 Å². The van der Waals surface area contributed by atoms with Crippen LogP contribution in [0, 0.1) is 0 Å². The summed E-state index contributed by atoms with van der Waals surface area (Å²) in [5.74, 6) is 3.00. The van der Waals surface area contributed by atoms with Crippen molar-refractivity contribution in [3.8, 4) is 23.0 Å². The molecule has 1 heterocycles. The van der Waals surface area contributed by atoms with E-state index < -0.39 is 0 Å². The molecule has 9 heteroatoms. The third-order valence-electron chi connectivity index (χ3n) is 6.08. The minimum atomic E-state index is 0. The summed E-state index contributed by atoms with van der Waals surface area (Å²) in [7, 11) is 6.52. The van der Waals surface area contributed by atoms with Crippen LogP contribution in [0.3, 0.4) is 0 Å². The van der Waals surface area contributed by atoms with Crippen LogP contribution < -0.4 is 29.6 Å². The molecule has 0 unspecified atom stereocenters. The maximum Gasteiger partial charge on any atom is 0.227 e. The minimum absolute atomic E-state index is 0. The number of amides is 1. The van der Waals surface area contributed by atoms with Gasteiger partial charge in [-0.2, -0.15) is 0 Å². The molecule has 1 aliphatic rings. The molecule has 0 fully saturated rings. The monoisotopic (exact) mass is 507 g/mol. The molecule has 0 spiro atoms. The van der Waals surface area contributed by atoms with E-state index in [0.29, 0.717) is 17.9 Å². The largest absolute Gasteiger partial charge is 0.493 e. The lowest BCUT2D eigenvalue weighted by Gasteiger charge is -2.20. The van der Waals surface area contributed by atoms with Crippen molar-refractivity contribution in [2.75, 3.05) is 66.5 Å². The molecule has 35 heavy (non-hydrogen) atoms. The molecule has 2 N–H and O–H groups in total. The van der Waals surface area contributed by atoms with E-state index >= 15 is 0 Å². The number of nitrogens with zero attached hydrogens (tertiary/aromatic N) is 1. The van der Waals surface area contributed by atoms with Gasteiger partial charge in [0.15, 0.2) is 23.0 Å². The van der Waals surface area contributed by atoms with Crippen molar-refractivity contribution < 1.29 is 23.7 Å². The molecule has 0 bridgehead atoms. The second-order valence-corrected chi connectivity index (χ2v) is 8.24. The lowest BCUT2D eigenvalue weighted by molar-refractivity contribution is -0.130. The van der Waals surface area contributed by atoms with Crippen molar-refractivity contribution in [1.29, 1.82) is 0 Å². The van der Waals surface area contributed by atoms with Crippen LogP contribution >= 0.6 is 12.4 Å². The molecule has 0 radical (unpaired) electrons. The fraction of sp³-hybridized carbons (Fsp3) is 0.500. The summed E-state index contributed by atoms with van der Waals surface area (Å²) in [5, 5.41) is 6.88. The van der Waals surface area contributed by atoms with Crippen molar-refractivity contribution in [1.82, 2.24) is 10.2 Å². The zero-order valence-electron chi connectivity index (χ0n) is 21.1. The zero-order chi connectivity index (χ0) is 24.3. The fourth-order valence-electron chi connectivity index (χ4n) is 4.16. The van der Waals surface area contributed by atoms with Crippen LogP contribution in [0.25, 0.3) is 0 Å². The molecule has 0 atom stereocenters. The Hall–Kier alpha value is -2.84. The van der Waals surface area contributed by atoms with Gasteiger partial charge in [0, 0.05) is 31.4 Å². The van der Waals surface area contributed by atoms with E-state index in [9.17, 15) is 4.79 Å². The van der Waals surface area contributed by atoms with Gasteiger partial charge in [0.2, 0.25) is 5.91 Å². The number of rotatable bonds is 13. The number of hydrogen-bond acceptors (Lipinski definition) is 7. The fourth-order valence-corrected chi connectivity index (χ4v) is 4.16. The number of methoxy groups -OCH3 is 4. The molecular formula is C26H38ClN3O5. The van der Waals surface area contributed by atoms with Crippen molar-refractivity contribution >= 4 is 24.0 Å². The van der Waals surface area contributed by atoms with Gasteiger partial charge in [-0.15, -0.1) is 12.4 Å². The maximum atomic E-state index is 12.8. The van der Waals surface area contributed by atoms with Crippen LogP contribution in [0.1, 0.15) is 24.0 Å². The molecule has 1 amide bonds. The van der Waals surface area contributed by atoms with Gasteiger partial charge < -0.3 is 34.5 Å². The average Bonchev–Trinajstić information content (AvgIpc) is 3.01. The number of anilines is 1.